The molecule has 1 amide bonds. The number of likely N-dealkylation sites (tertiary alicyclic amines) is 1. The molecule has 4 heteroatoms. The molecule has 0 atom stereocenters. The molecule has 0 radical (unpaired) electrons. The number of carbonyl (C=O) groups excluding carboxylic acids is 1. The number of hydrogen-bond donors (Lipinski definition) is 1. The van der Waals surface area contributed by atoms with Crippen LogP contribution in [0, 0.1) is 0 Å². The van der Waals surface area contributed by atoms with E-state index in [9.17, 15) is 4.79 Å². The summed E-state index contributed by atoms with van der Waals surface area (Å²) >= 11 is 0. The molecule has 0 saturated carbocycles. The Morgan fingerprint density at radius 3 is 2.71 bits per heavy atom. The van der Waals surface area contributed by atoms with Crippen LogP contribution in [0.25, 0.3) is 0 Å². The van der Waals surface area contributed by atoms with Crippen molar-refractivity contribution in [2.24, 2.45) is 0 Å². The summed E-state index contributed by atoms with van der Waals surface area (Å²) in [5.74, 6) is 0.999. The molecule has 0 aromatic heterocycles. The highest BCUT2D eigenvalue weighted by Crippen LogP contribution is 2.19. The van der Waals surface area contributed by atoms with E-state index in [4.69, 9.17) is 4.74 Å². The summed E-state index contributed by atoms with van der Waals surface area (Å²) < 4.78 is 5.31. The molecule has 2 rings (SSSR count). The third-order valence-corrected chi connectivity index (χ3v) is 4.06. The van der Waals surface area contributed by atoms with Gasteiger partial charge < -0.3 is 15.0 Å². The van der Waals surface area contributed by atoms with Crippen molar-refractivity contribution < 1.29 is 9.53 Å². The van der Waals surface area contributed by atoms with Gasteiger partial charge in [0.2, 0.25) is 5.91 Å². The standard InChI is InChI=1S/C17H26N2O2/c1-3-10-18-15-8-11-19(12-9-15)17(20)13-14-6-4-5-7-16(14)21-2/h4-7,15,18H,3,8-13H2,1-2H3. The molecule has 1 saturated heterocycles. The predicted octanol–water partition coefficient (Wildman–Crippen LogP) is 2.23. The summed E-state index contributed by atoms with van der Waals surface area (Å²) in [6.07, 6.45) is 3.69. The number of nitrogens with zero attached hydrogens (tertiary/aromatic N) is 1. The molecule has 1 N–H and O–H groups in total. The molecule has 1 fully saturated rings. The first-order valence-electron chi connectivity index (χ1n) is 7.87. The molecule has 1 aromatic rings. The zero-order valence-electron chi connectivity index (χ0n) is 13.1. The number of para-hydroxylation sites is 1. The van der Waals surface area contributed by atoms with Gasteiger partial charge in [0.25, 0.3) is 0 Å². The molecule has 1 aliphatic rings. The van der Waals surface area contributed by atoms with Gasteiger partial charge in [-0.25, -0.2) is 0 Å². The van der Waals surface area contributed by atoms with Gasteiger partial charge in [0.15, 0.2) is 0 Å². The Labute approximate surface area is 127 Å². The Kier molecular flexibility index (Phi) is 6.05. The lowest BCUT2D eigenvalue weighted by Gasteiger charge is -2.32. The number of benzene rings is 1. The number of rotatable bonds is 6. The molecule has 0 spiro atoms. The minimum atomic E-state index is 0.202. The molecule has 0 unspecified atom stereocenters. The maximum atomic E-state index is 12.4. The van der Waals surface area contributed by atoms with Gasteiger partial charge in [-0.1, -0.05) is 25.1 Å². The van der Waals surface area contributed by atoms with Gasteiger partial charge in [-0.15, -0.1) is 0 Å². The number of ether oxygens (including phenoxy) is 1. The zero-order chi connectivity index (χ0) is 15.1. The summed E-state index contributed by atoms with van der Waals surface area (Å²) in [6, 6.07) is 8.32. The van der Waals surface area contributed by atoms with E-state index in [1.54, 1.807) is 7.11 Å². The maximum Gasteiger partial charge on any atom is 0.227 e. The van der Waals surface area contributed by atoms with Crippen molar-refractivity contribution in [1.29, 1.82) is 0 Å². The second-order valence-electron chi connectivity index (χ2n) is 5.60. The van der Waals surface area contributed by atoms with Crippen LogP contribution >= 0.6 is 0 Å². The summed E-state index contributed by atoms with van der Waals surface area (Å²) in [5, 5.41) is 3.54. The number of nitrogens with one attached hydrogen (secondary N) is 1. The number of carbonyl (C=O) groups is 1. The molecule has 116 valence electrons. The Morgan fingerprint density at radius 1 is 1.33 bits per heavy atom. The third-order valence-electron chi connectivity index (χ3n) is 4.06. The first-order valence-corrected chi connectivity index (χ1v) is 7.87. The number of amides is 1. The fraction of sp³-hybridized carbons (Fsp3) is 0.588. The Bertz CT molecular complexity index is 454. The Hall–Kier alpha value is -1.55. The largest absolute Gasteiger partial charge is 0.496 e. The van der Waals surface area contributed by atoms with Gasteiger partial charge in [-0.3, -0.25) is 4.79 Å². The van der Waals surface area contributed by atoms with E-state index in [-0.39, 0.29) is 5.91 Å². The van der Waals surface area contributed by atoms with Crippen molar-refractivity contribution in [3.8, 4) is 5.75 Å². The summed E-state index contributed by atoms with van der Waals surface area (Å²) in [5.41, 5.74) is 0.969. The molecule has 4 nitrogen and oxygen atoms in total. The Morgan fingerprint density at radius 2 is 2.05 bits per heavy atom. The topological polar surface area (TPSA) is 41.6 Å². The monoisotopic (exact) mass is 290 g/mol. The van der Waals surface area contributed by atoms with Gasteiger partial charge >= 0.3 is 0 Å². The van der Waals surface area contributed by atoms with Crippen LogP contribution in [0.4, 0.5) is 0 Å². The van der Waals surface area contributed by atoms with E-state index in [0.717, 1.165) is 50.2 Å². The molecule has 1 aromatic carbocycles. The first kappa shape index (κ1) is 15.8. The summed E-state index contributed by atoms with van der Waals surface area (Å²) in [4.78, 5) is 14.4. The van der Waals surface area contributed by atoms with Gasteiger partial charge in [0.1, 0.15) is 5.75 Å². The third kappa shape index (κ3) is 4.46. The quantitative estimate of drug-likeness (QED) is 0.873. The molecular formula is C17H26N2O2. The van der Waals surface area contributed by atoms with E-state index in [1.165, 1.54) is 0 Å². The van der Waals surface area contributed by atoms with Crippen LogP contribution in [0.2, 0.25) is 0 Å². The van der Waals surface area contributed by atoms with Crippen molar-refractivity contribution in [1.82, 2.24) is 10.2 Å². The molecule has 21 heavy (non-hydrogen) atoms. The summed E-state index contributed by atoms with van der Waals surface area (Å²) in [7, 11) is 1.65. The lowest BCUT2D eigenvalue weighted by atomic mass is 10.0. The highest BCUT2D eigenvalue weighted by molar-refractivity contribution is 5.79. The second kappa shape index (κ2) is 8.03. The van der Waals surface area contributed by atoms with Crippen molar-refractivity contribution in [3.05, 3.63) is 29.8 Å². The van der Waals surface area contributed by atoms with Crippen molar-refractivity contribution in [2.75, 3.05) is 26.7 Å². The van der Waals surface area contributed by atoms with Crippen LogP contribution in [0.3, 0.4) is 0 Å². The van der Waals surface area contributed by atoms with Crippen LogP contribution in [0.15, 0.2) is 24.3 Å². The molecule has 1 heterocycles. The fourth-order valence-corrected chi connectivity index (χ4v) is 2.81. The van der Waals surface area contributed by atoms with E-state index in [2.05, 4.69) is 12.2 Å². The lowest BCUT2D eigenvalue weighted by Crippen LogP contribution is -2.45. The van der Waals surface area contributed by atoms with Crippen molar-refractivity contribution >= 4 is 5.91 Å². The lowest BCUT2D eigenvalue weighted by molar-refractivity contribution is -0.131. The minimum Gasteiger partial charge on any atom is -0.496 e. The van der Waals surface area contributed by atoms with E-state index < -0.39 is 0 Å². The van der Waals surface area contributed by atoms with Crippen LogP contribution in [-0.4, -0.2) is 43.6 Å². The Balaban J connectivity index is 1.85. The molecule has 1 aliphatic heterocycles. The highest BCUT2D eigenvalue weighted by Gasteiger charge is 2.22. The smallest absolute Gasteiger partial charge is 0.227 e. The van der Waals surface area contributed by atoms with E-state index >= 15 is 0 Å². The molecule has 0 bridgehead atoms. The average Bonchev–Trinajstić information content (AvgIpc) is 2.54. The van der Waals surface area contributed by atoms with Crippen LogP contribution < -0.4 is 10.1 Å². The van der Waals surface area contributed by atoms with Gasteiger partial charge in [-0.2, -0.15) is 0 Å². The second-order valence-corrected chi connectivity index (χ2v) is 5.60. The van der Waals surface area contributed by atoms with Crippen LogP contribution in [0.5, 0.6) is 5.75 Å². The maximum absolute atomic E-state index is 12.4. The van der Waals surface area contributed by atoms with Crippen LogP contribution in [0.1, 0.15) is 31.7 Å². The normalized spacial score (nSPS) is 16.0. The van der Waals surface area contributed by atoms with Gasteiger partial charge in [-0.05, 0) is 31.9 Å². The fourth-order valence-electron chi connectivity index (χ4n) is 2.81. The average molecular weight is 290 g/mol. The number of piperidine rings is 1. The molecule has 0 aliphatic carbocycles. The van der Waals surface area contributed by atoms with Gasteiger partial charge in [0.05, 0.1) is 13.5 Å². The zero-order valence-corrected chi connectivity index (χ0v) is 13.1. The number of methoxy groups -OCH3 is 1. The first-order chi connectivity index (χ1) is 10.2. The van der Waals surface area contributed by atoms with Crippen molar-refractivity contribution in [3.63, 3.8) is 0 Å². The van der Waals surface area contributed by atoms with E-state index in [1.807, 2.05) is 29.2 Å². The molecular weight excluding hydrogens is 264 g/mol. The van der Waals surface area contributed by atoms with Crippen LogP contribution in [-0.2, 0) is 11.2 Å². The predicted molar refractivity (Wildman–Crippen MR) is 84.6 cm³/mol. The summed E-state index contributed by atoms with van der Waals surface area (Å²) in [6.45, 7) is 4.96. The SMILES string of the molecule is CCCNC1CCN(C(=O)Cc2ccccc2OC)CC1. The van der Waals surface area contributed by atoms with Crippen molar-refractivity contribution in [2.45, 2.75) is 38.6 Å². The van der Waals surface area contributed by atoms with E-state index in [0.29, 0.717) is 12.5 Å². The van der Waals surface area contributed by atoms with Gasteiger partial charge in [0, 0.05) is 24.7 Å². The number of hydrogen-bond acceptors (Lipinski definition) is 3. The minimum absolute atomic E-state index is 0.202. The highest BCUT2D eigenvalue weighted by atomic mass is 16.5.